The average Bonchev–Trinajstić information content (AvgIpc) is 2.14. The van der Waals surface area contributed by atoms with Gasteiger partial charge in [-0.3, -0.25) is 0 Å². The predicted octanol–water partition coefficient (Wildman–Crippen LogP) is 1.46. The highest BCUT2D eigenvalue weighted by atomic mass is 16.5. The average molecular weight is 202 g/mol. The number of hydrogen-bond donors (Lipinski definition) is 1. The summed E-state index contributed by atoms with van der Waals surface area (Å²) in [6.07, 6.45) is 0.960. The fourth-order valence-corrected chi connectivity index (χ4v) is 1.12. The smallest absolute Gasteiger partial charge is 0.317 e. The largest absolute Gasteiger partial charge is 0.383 e. The molecule has 4 nitrogen and oxygen atoms in total. The molecule has 84 valence electrons. The Hall–Kier alpha value is -0.770. The fraction of sp³-hybridized carbons (Fsp3) is 0.900. The number of rotatable bonds is 6. The second-order valence-electron chi connectivity index (χ2n) is 3.51. The van der Waals surface area contributed by atoms with Crippen LogP contribution in [0.15, 0.2) is 0 Å². The number of methoxy groups -OCH3 is 1. The molecule has 0 aliphatic rings. The Labute approximate surface area is 86.6 Å². The minimum Gasteiger partial charge on any atom is -0.383 e. The quantitative estimate of drug-likeness (QED) is 0.708. The highest BCUT2D eigenvalue weighted by Crippen LogP contribution is 1.98. The van der Waals surface area contributed by atoms with Crippen molar-refractivity contribution in [3.8, 4) is 0 Å². The van der Waals surface area contributed by atoms with E-state index < -0.39 is 0 Å². The van der Waals surface area contributed by atoms with Gasteiger partial charge in [0, 0.05) is 26.2 Å². The zero-order chi connectivity index (χ0) is 11.0. The van der Waals surface area contributed by atoms with Crippen molar-refractivity contribution in [2.45, 2.75) is 33.2 Å². The predicted molar refractivity (Wildman–Crippen MR) is 57.4 cm³/mol. The van der Waals surface area contributed by atoms with Gasteiger partial charge >= 0.3 is 6.03 Å². The molecular weight excluding hydrogens is 180 g/mol. The molecule has 0 aromatic carbocycles. The summed E-state index contributed by atoms with van der Waals surface area (Å²) < 4.78 is 4.96. The number of nitrogens with zero attached hydrogens (tertiary/aromatic N) is 1. The van der Waals surface area contributed by atoms with Crippen molar-refractivity contribution in [1.82, 2.24) is 10.2 Å². The summed E-state index contributed by atoms with van der Waals surface area (Å²) in [4.78, 5) is 13.4. The second kappa shape index (κ2) is 7.62. The van der Waals surface area contributed by atoms with Crippen molar-refractivity contribution in [2.75, 3.05) is 26.8 Å². The van der Waals surface area contributed by atoms with Gasteiger partial charge in [0.1, 0.15) is 0 Å². The van der Waals surface area contributed by atoms with Gasteiger partial charge in [-0.25, -0.2) is 4.79 Å². The van der Waals surface area contributed by atoms with Crippen molar-refractivity contribution < 1.29 is 9.53 Å². The maximum atomic E-state index is 11.6. The Morgan fingerprint density at radius 1 is 1.50 bits per heavy atom. The van der Waals surface area contributed by atoms with Crippen LogP contribution in [-0.2, 0) is 4.74 Å². The fourth-order valence-electron chi connectivity index (χ4n) is 1.12. The van der Waals surface area contributed by atoms with Gasteiger partial charge in [0.2, 0.25) is 0 Å². The molecule has 0 saturated carbocycles. The molecule has 0 fully saturated rings. The molecule has 0 radical (unpaired) electrons. The number of carbonyl (C=O) groups excluding carboxylic acids is 1. The van der Waals surface area contributed by atoms with Crippen molar-refractivity contribution in [2.24, 2.45) is 0 Å². The molecule has 14 heavy (non-hydrogen) atoms. The summed E-state index contributed by atoms with van der Waals surface area (Å²) in [5.74, 6) is 0. The summed E-state index contributed by atoms with van der Waals surface area (Å²) in [6.45, 7) is 7.99. The summed E-state index contributed by atoms with van der Waals surface area (Å²) in [5, 5.41) is 2.85. The maximum Gasteiger partial charge on any atom is 0.317 e. The van der Waals surface area contributed by atoms with Crippen LogP contribution in [0.5, 0.6) is 0 Å². The van der Waals surface area contributed by atoms with Gasteiger partial charge in [0.15, 0.2) is 0 Å². The van der Waals surface area contributed by atoms with Crippen LogP contribution in [0, 0.1) is 0 Å². The molecule has 0 atom stereocenters. The number of nitrogens with one attached hydrogen (secondary N) is 1. The zero-order valence-corrected chi connectivity index (χ0v) is 9.67. The molecule has 4 heteroatoms. The Morgan fingerprint density at radius 3 is 2.57 bits per heavy atom. The van der Waals surface area contributed by atoms with E-state index in [0.717, 1.165) is 13.0 Å². The molecular formula is C10H22N2O2. The van der Waals surface area contributed by atoms with Gasteiger partial charge in [-0.05, 0) is 20.3 Å². The Balaban J connectivity index is 3.98. The van der Waals surface area contributed by atoms with Crippen molar-refractivity contribution in [3.63, 3.8) is 0 Å². The van der Waals surface area contributed by atoms with Gasteiger partial charge in [-0.2, -0.15) is 0 Å². The minimum atomic E-state index is -0.00102. The summed E-state index contributed by atoms with van der Waals surface area (Å²) in [6, 6.07) is 0.209. The first-order chi connectivity index (χ1) is 6.63. The molecule has 0 bridgehead atoms. The van der Waals surface area contributed by atoms with Gasteiger partial charge < -0.3 is 15.0 Å². The third-order valence-electron chi connectivity index (χ3n) is 1.95. The van der Waals surface area contributed by atoms with Crippen LogP contribution in [0.4, 0.5) is 4.79 Å². The SMILES string of the molecule is CCCNC(=O)N(CCOC)C(C)C. The van der Waals surface area contributed by atoms with Crippen molar-refractivity contribution >= 4 is 6.03 Å². The number of carbonyl (C=O) groups is 1. The Morgan fingerprint density at radius 2 is 2.14 bits per heavy atom. The molecule has 0 aliphatic carbocycles. The summed E-state index contributed by atoms with van der Waals surface area (Å²) in [5.41, 5.74) is 0. The van der Waals surface area contributed by atoms with Crippen LogP contribution in [0.25, 0.3) is 0 Å². The third kappa shape index (κ3) is 5.07. The Kier molecular flexibility index (Phi) is 7.20. The first kappa shape index (κ1) is 13.2. The molecule has 0 unspecified atom stereocenters. The highest BCUT2D eigenvalue weighted by molar-refractivity contribution is 5.74. The van der Waals surface area contributed by atoms with E-state index >= 15 is 0 Å². The number of hydrogen-bond acceptors (Lipinski definition) is 2. The van der Waals surface area contributed by atoms with E-state index in [1.807, 2.05) is 20.8 Å². The lowest BCUT2D eigenvalue weighted by Crippen LogP contribution is -2.45. The molecule has 0 saturated heterocycles. The van der Waals surface area contributed by atoms with E-state index in [1.54, 1.807) is 12.0 Å². The number of amides is 2. The normalized spacial score (nSPS) is 10.4. The minimum absolute atomic E-state index is 0.00102. The van der Waals surface area contributed by atoms with Gasteiger partial charge in [0.25, 0.3) is 0 Å². The molecule has 2 amide bonds. The van der Waals surface area contributed by atoms with Crippen LogP contribution >= 0.6 is 0 Å². The summed E-state index contributed by atoms with van der Waals surface area (Å²) >= 11 is 0. The zero-order valence-electron chi connectivity index (χ0n) is 9.67. The standard InChI is InChI=1S/C10H22N2O2/c1-5-6-11-10(13)12(9(2)3)7-8-14-4/h9H,5-8H2,1-4H3,(H,11,13). The van der Waals surface area contributed by atoms with Crippen molar-refractivity contribution in [3.05, 3.63) is 0 Å². The van der Waals surface area contributed by atoms with Gasteiger partial charge in [0.05, 0.1) is 6.61 Å². The van der Waals surface area contributed by atoms with Crippen LogP contribution in [0.3, 0.4) is 0 Å². The summed E-state index contributed by atoms with van der Waals surface area (Å²) in [7, 11) is 1.64. The molecule has 0 spiro atoms. The molecule has 1 N–H and O–H groups in total. The van der Waals surface area contributed by atoms with Crippen LogP contribution in [0.1, 0.15) is 27.2 Å². The molecule has 0 rings (SSSR count). The van der Waals surface area contributed by atoms with E-state index in [-0.39, 0.29) is 12.1 Å². The first-order valence-corrected chi connectivity index (χ1v) is 5.16. The first-order valence-electron chi connectivity index (χ1n) is 5.16. The maximum absolute atomic E-state index is 11.6. The lowest BCUT2D eigenvalue weighted by atomic mass is 10.3. The molecule has 0 aromatic heterocycles. The van der Waals surface area contributed by atoms with E-state index in [1.165, 1.54) is 0 Å². The Bertz CT molecular complexity index is 160. The van der Waals surface area contributed by atoms with Crippen LogP contribution in [-0.4, -0.2) is 43.8 Å². The van der Waals surface area contributed by atoms with E-state index in [9.17, 15) is 4.79 Å². The van der Waals surface area contributed by atoms with Crippen LogP contribution in [0.2, 0.25) is 0 Å². The van der Waals surface area contributed by atoms with Gasteiger partial charge in [-0.15, -0.1) is 0 Å². The van der Waals surface area contributed by atoms with Crippen LogP contribution < -0.4 is 5.32 Å². The van der Waals surface area contributed by atoms with E-state index in [0.29, 0.717) is 13.2 Å². The lowest BCUT2D eigenvalue weighted by molar-refractivity contribution is 0.136. The second-order valence-corrected chi connectivity index (χ2v) is 3.51. The molecule has 0 aliphatic heterocycles. The molecule has 0 aromatic rings. The molecule has 0 heterocycles. The highest BCUT2D eigenvalue weighted by Gasteiger charge is 2.15. The van der Waals surface area contributed by atoms with E-state index in [4.69, 9.17) is 4.74 Å². The third-order valence-corrected chi connectivity index (χ3v) is 1.95. The van der Waals surface area contributed by atoms with Gasteiger partial charge in [-0.1, -0.05) is 6.92 Å². The van der Waals surface area contributed by atoms with E-state index in [2.05, 4.69) is 5.32 Å². The lowest BCUT2D eigenvalue weighted by Gasteiger charge is -2.26. The topological polar surface area (TPSA) is 41.6 Å². The monoisotopic (exact) mass is 202 g/mol. The number of ether oxygens (including phenoxy) is 1. The number of urea groups is 1. The van der Waals surface area contributed by atoms with Crippen molar-refractivity contribution in [1.29, 1.82) is 0 Å².